The number of amides is 1. The van der Waals surface area contributed by atoms with Crippen LogP contribution in [0.5, 0.6) is 0 Å². The van der Waals surface area contributed by atoms with Gasteiger partial charge in [-0.15, -0.1) is 0 Å². The SMILES string of the molecule is CCC(Sc1nc2c(c(=O)[nH]1)CSC2)C(=O)Nc1ccc(C(F)(F)F)cc1. The molecule has 0 fully saturated rings. The van der Waals surface area contributed by atoms with Crippen molar-refractivity contribution in [3.8, 4) is 0 Å². The molecule has 2 heterocycles. The van der Waals surface area contributed by atoms with E-state index >= 15 is 0 Å². The Labute approximate surface area is 161 Å². The molecule has 1 aromatic heterocycles. The topological polar surface area (TPSA) is 74.8 Å². The van der Waals surface area contributed by atoms with Crippen molar-refractivity contribution in [2.24, 2.45) is 0 Å². The van der Waals surface area contributed by atoms with Crippen molar-refractivity contribution in [3.63, 3.8) is 0 Å². The summed E-state index contributed by atoms with van der Waals surface area (Å²) in [6.45, 7) is 1.81. The van der Waals surface area contributed by atoms with Gasteiger partial charge in [-0.05, 0) is 30.7 Å². The van der Waals surface area contributed by atoms with Gasteiger partial charge in [0.1, 0.15) is 0 Å². The Morgan fingerprint density at radius 2 is 2.04 bits per heavy atom. The van der Waals surface area contributed by atoms with Crippen molar-refractivity contribution in [2.45, 2.75) is 41.4 Å². The van der Waals surface area contributed by atoms with Crippen LogP contribution in [0.4, 0.5) is 18.9 Å². The number of hydrogen-bond acceptors (Lipinski definition) is 5. The number of carbonyl (C=O) groups is 1. The molecule has 1 amide bonds. The second-order valence-electron chi connectivity index (χ2n) is 5.87. The molecule has 10 heteroatoms. The van der Waals surface area contributed by atoms with E-state index in [4.69, 9.17) is 0 Å². The molecule has 27 heavy (non-hydrogen) atoms. The lowest BCUT2D eigenvalue weighted by atomic mass is 10.2. The minimum Gasteiger partial charge on any atom is -0.325 e. The van der Waals surface area contributed by atoms with E-state index in [1.807, 2.05) is 6.92 Å². The zero-order valence-corrected chi connectivity index (χ0v) is 15.9. The van der Waals surface area contributed by atoms with Gasteiger partial charge < -0.3 is 10.3 Å². The highest BCUT2D eigenvalue weighted by molar-refractivity contribution is 8.00. The quantitative estimate of drug-likeness (QED) is 0.569. The highest BCUT2D eigenvalue weighted by Crippen LogP contribution is 2.31. The molecule has 0 aliphatic carbocycles. The predicted octanol–water partition coefficient (Wildman–Crippen LogP) is 4.04. The monoisotopic (exact) mass is 415 g/mol. The standard InChI is InChI=1S/C17H16F3N3O2S2/c1-2-13(27-16-22-12-8-26-7-11(12)14(24)23-16)15(25)21-10-5-3-9(4-6-10)17(18,19)20/h3-6,13H,2,7-8H2,1H3,(H,21,25)(H,22,23,24). The fraction of sp³-hybridized carbons (Fsp3) is 0.353. The van der Waals surface area contributed by atoms with Gasteiger partial charge >= 0.3 is 6.18 Å². The molecule has 2 N–H and O–H groups in total. The van der Waals surface area contributed by atoms with Crippen LogP contribution in [0, 0.1) is 0 Å². The minimum atomic E-state index is -4.42. The number of benzene rings is 1. The number of nitrogens with one attached hydrogen (secondary N) is 2. The van der Waals surface area contributed by atoms with E-state index in [0.29, 0.717) is 28.6 Å². The summed E-state index contributed by atoms with van der Waals surface area (Å²) in [5.74, 6) is 0.940. The summed E-state index contributed by atoms with van der Waals surface area (Å²) in [6.07, 6.45) is -3.96. The predicted molar refractivity (Wildman–Crippen MR) is 99.9 cm³/mol. The maximum Gasteiger partial charge on any atom is 0.416 e. The number of alkyl halides is 3. The van der Waals surface area contributed by atoms with Crippen LogP contribution < -0.4 is 10.9 Å². The first-order valence-electron chi connectivity index (χ1n) is 8.12. The second kappa shape index (κ2) is 7.97. The number of H-pyrrole nitrogens is 1. The van der Waals surface area contributed by atoms with Crippen molar-refractivity contribution in [1.82, 2.24) is 9.97 Å². The Balaban J connectivity index is 1.69. The van der Waals surface area contributed by atoms with Crippen LogP contribution in [0.1, 0.15) is 30.2 Å². The van der Waals surface area contributed by atoms with E-state index in [0.717, 1.165) is 29.6 Å². The van der Waals surface area contributed by atoms with Gasteiger partial charge in [0.05, 0.1) is 16.5 Å². The highest BCUT2D eigenvalue weighted by Gasteiger charge is 2.30. The first-order valence-corrected chi connectivity index (χ1v) is 10.2. The summed E-state index contributed by atoms with van der Waals surface area (Å²) in [7, 11) is 0. The molecular weight excluding hydrogens is 399 g/mol. The summed E-state index contributed by atoms with van der Waals surface area (Å²) in [4.78, 5) is 31.6. The third-order valence-corrected chi connectivity index (χ3v) is 6.18. The van der Waals surface area contributed by atoms with Gasteiger partial charge in [-0.25, -0.2) is 4.98 Å². The first-order chi connectivity index (χ1) is 12.8. The average Bonchev–Trinajstić information content (AvgIpc) is 3.08. The van der Waals surface area contributed by atoms with Crippen LogP contribution in [0.2, 0.25) is 0 Å². The van der Waals surface area contributed by atoms with E-state index in [2.05, 4.69) is 15.3 Å². The van der Waals surface area contributed by atoms with E-state index in [1.165, 1.54) is 12.1 Å². The molecule has 1 aliphatic rings. The molecule has 144 valence electrons. The van der Waals surface area contributed by atoms with Gasteiger partial charge in [-0.2, -0.15) is 24.9 Å². The van der Waals surface area contributed by atoms with E-state index in [9.17, 15) is 22.8 Å². The Bertz CT molecular complexity index is 898. The third-order valence-electron chi connectivity index (χ3n) is 3.96. The van der Waals surface area contributed by atoms with Crippen LogP contribution >= 0.6 is 23.5 Å². The Morgan fingerprint density at radius 3 is 2.67 bits per heavy atom. The van der Waals surface area contributed by atoms with Gasteiger partial charge in [-0.3, -0.25) is 9.59 Å². The summed E-state index contributed by atoms with van der Waals surface area (Å²) < 4.78 is 37.8. The second-order valence-corrected chi connectivity index (χ2v) is 8.05. The number of fused-ring (bicyclic) bond motifs is 1. The number of aromatic nitrogens is 2. The molecular formula is C17H16F3N3O2S2. The fourth-order valence-corrected chi connectivity index (χ4v) is 4.47. The normalized spacial score (nSPS) is 14.7. The molecule has 1 aromatic carbocycles. The van der Waals surface area contributed by atoms with Crippen LogP contribution in [0.25, 0.3) is 0 Å². The lowest BCUT2D eigenvalue weighted by molar-refractivity contribution is -0.137. The zero-order chi connectivity index (χ0) is 19.6. The molecule has 1 aliphatic heterocycles. The van der Waals surface area contributed by atoms with E-state index in [1.54, 1.807) is 11.8 Å². The molecule has 0 radical (unpaired) electrons. The van der Waals surface area contributed by atoms with Crippen LogP contribution in [-0.4, -0.2) is 21.1 Å². The van der Waals surface area contributed by atoms with Crippen molar-refractivity contribution in [2.75, 3.05) is 5.32 Å². The van der Waals surface area contributed by atoms with Crippen molar-refractivity contribution < 1.29 is 18.0 Å². The number of rotatable bonds is 5. The Morgan fingerprint density at radius 1 is 1.33 bits per heavy atom. The molecule has 0 bridgehead atoms. The summed E-state index contributed by atoms with van der Waals surface area (Å²) in [6, 6.07) is 4.26. The number of thioether (sulfide) groups is 2. The maximum atomic E-state index is 12.6. The molecule has 2 aromatic rings. The van der Waals surface area contributed by atoms with Gasteiger partial charge in [0.25, 0.3) is 5.56 Å². The van der Waals surface area contributed by atoms with Crippen LogP contribution in [0.15, 0.2) is 34.2 Å². The fourth-order valence-electron chi connectivity index (χ4n) is 2.52. The van der Waals surface area contributed by atoms with Gasteiger partial charge in [-0.1, -0.05) is 18.7 Å². The Hall–Kier alpha value is -1.94. The number of halogens is 3. The van der Waals surface area contributed by atoms with Crippen LogP contribution in [-0.2, 0) is 22.5 Å². The Kier molecular flexibility index (Phi) is 5.85. The number of carbonyl (C=O) groups excluding carboxylic acids is 1. The molecule has 1 atom stereocenters. The third kappa shape index (κ3) is 4.67. The minimum absolute atomic E-state index is 0.189. The molecule has 0 saturated carbocycles. The largest absolute Gasteiger partial charge is 0.416 e. The summed E-state index contributed by atoms with van der Waals surface area (Å²) >= 11 is 2.75. The van der Waals surface area contributed by atoms with Crippen molar-refractivity contribution in [1.29, 1.82) is 0 Å². The van der Waals surface area contributed by atoms with Crippen molar-refractivity contribution >= 4 is 35.1 Å². The highest BCUT2D eigenvalue weighted by atomic mass is 32.2. The average molecular weight is 415 g/mol. The van der Waals surface area contributed by atoms with Gasteiger partial charge in [0, 0.05) is 22.8 Å². The van der Waals surface area contributed by atoms with Gasteiger partial charge in [0.2, 0.25) is 5.91 Å². The number of anilines is 1. The number of nitrogens with zero attached hydrogens (tertiary/aromatic N) is 1. The number of hydrogen-bond donors (Lipinski definition) is 2. The summed E-state index contributed by atoms with van der Waals surface area (Å²) in [5, 5.41) is 2.44. The summed E-state index contributed by atoms with van der Waals surface area (Å²) in [5.41, 5.74) is 0.722. The molecule has 0 saturated heterocycles. The molecule has 5 nitrogen and oxygen atoms in total. The first kappa shape index (κ1) is 19.8. The number of aromatic amines is 1. The lowest BCUT2D eigenvalue weighted by Gasteiger charge is -2.15. The van der Waals surface area contributed by atoms with Crippen LogP contribution in [0.3, 0.4) is 0 Å². The lowest BCUT2D eigenvalue weighted by Crippen LogP contribution is -2.25. The molecule has 3 rings (SSSR count). The zero-order valence-electron chi connectivity index (χ0n) is 14.2. The van der Waals surface area contributed by atoms with E-state index in [-0.39, 0.29) is 17.2 Å². The maximum absolute atomic E-state index is 12.6. The van der Waals surface area contributed by atoms with Gasteiger partial charge in [0.15, 0.2) is 5.16 Å². The van der Waals surface area contributed by atoms with Crippen molar-refractivity contribution in [3.05, 3.63) is 51.4 Å². The smallest absolute Gasteiger partial charge is 0.325 e. The molecule has 1 unspecified atom stereocenters. The van der Waals surface area contributed by atoms with E-state index < -0.39 is 17.0 Å². The molecule has 0 spiro atoms.